The van der Waals surface area contributed by atoms with Crippen molar-refractivity contribution in [1.29, 1.82) is 0 Å². The molecule has 1 aliphatic rings. The van der Waals surface area contributed by atoms with Crippen LogP contribution >= 0.6 is 0 Å². The summed E-state index contributed by atoms with van der Waals surface area (Å²) in [6.45, 7) is 10.7. The standard InChI is InChI=1S/C32H42N6O5S/c1-4-10-29-33-24(3)30-32(39)34-31(35-38(29)30)27-23-26(13-14-28(27)43-5-2)44(40,41)37(18-15-25-11-7-6-8-12-25)17-9-16-36-19-21-42-22-20-36/h6-8,11-14,23H,4-5,9-10,15-22H2,1-3H3,(H,34,35,39). The molecule has 0 spiro atoms. The molecule has 0 saturated carbocycles. The van der Waals surface area contributed by atoms with Crippen LogP contribution < -0.4 is 10.3 Å². The fraction of sp³-hybridized carbons (Fsp3) is 0.469. The predicted molar refractivity (Wildman–Crippen MR) is 170 cm³/mol. The van der Waals surface area contributed by atoms with Crippen LogP contribution in [0.5, 0.6) is 5.75 Å². The highest BCUT2D eigenvalue weighted by molar-refractivity contribution is 7.89. The van der Waals surface area contributed by atoms with E-state index < -0.39 is 10.0 Å². The monoisotopic (exact) mass is 622 g/mol. The van der Waals surface area contributed by atoms with Gasteiger partial charge in [0, 0.05) is 32.6 Å². The Labute approximate surface area is 258 Å². The Bertz CT molecular complexity index is 1710. The predicted octanol–water partition coefficient (Wildman–Crippen LogP) is 3.70. The molecule has 0 amide bonds. The zero-order valence-corrected chi connectivity index (χ0v) is 26.6. The van der Waals surface area contributed by atoms with Crippen LogP contribution in [0.1, 0.15) is 43.8 Å². The largest absolute Gasteiger partial charge is 0.493 e. The first-order chi connectivity index (χ1) is 21.3. The smallest absolute Gasteiger partial charge is 0.277 e. The molecule has 1 saturated heterocycles. The fourth-order valence-electron chi connectivity index (χ4n) is 5.57. The lowest BCUT2D eigenvalue weighted by atomic mass is 10.1. The van der Waals surface area contributed by atoms with Gasteiger partial charge in [0.25, 0.3) is 5.56 Å². The van der Waals surface area contributed by atoms with Gasteiger partial charge in [0.15, 0.2) is 11.3 Å². The number of nitrogens with zero attached hydrogens (tertiary/aromatic N) is 5. The van der Waals surface area contributed by atoms with Gasteiger partial charge in [-0.05, 0) is 63.4 Å². The number of benzene rings is 2. The number of aromatic nitrogens is 4. The molecule has 11 nitrogen and oxygen atoms in total. The first-order valence-electron chi connectivity index (χ1n) is 15.4. The van der Waals surface area contributed by atoms with Crippen molar-refractivity contribution in [3.63, 3.8) is 0 Å². The normalized spacial score (nSPS) is 14.5. The number of H-pyrrole nitrogens is 1. The van der Waals surface area contributed by atoms with Crippen LogP contribution in [0.4, 0.5) is 0 Å². The van der Waals surface area contributed by atoms with Crippen molar-refractivity contribution in [2.24, 2.45) is 0 Å². The van der Waals surface area contributed by atoms with Crippen molar-refractivity contribution < 1.29 is 17.9 Å². The third kappa shape index (κ3) is 7.20. The molecule has 0 radical (unpaired) electrons. The number of nitrogens with one attached hydrogen (secondary N) is 1. The van der Waals surface area contributed by atoms with Gasteiger partial charge in [0.2, 0.25) is 10.0 Å². The Kier molecular flexibility index (Phi) is 10.5. The number of morpholine rings is 1. The Balaban J connectivity index is 1.50. The number of aryl methyl sites for hydroxylation is 2. The van der Waals surface area contributed by atoms with Crippen LogP contribution in [-0.2, 0) is 27.6 Å². The number of sulfonamides is 1. The lowest BCUT2D eigenvalue weighted by Crippen LogP contribution is -2.39. The Hall–Kier alpha value is -3.58. The molecule has 5 rings (SSSR count). The minimum Gasteiger partial charge on any atom is -0.493 e. The molecule has 1 aliphatic heterocycles. The zero-order valence-electron chi connectivity index (χ0n) is 25.8. The van der Waals surface area contributed by atoms with Gasteiger partial charge >= 0.3 is 0 Å². The van der Waals surface area contributed by atoms with Gasteiger partial charge in [-0.25, -0.2) is 17.9 Å². The van der Waals surface area contributed by atoms with Crippen LogP contribution in [0.25, 0.3) is 16.9 Å². The van der Waals surface area contributed by atoms with E-state index >= 15 is 0 Å². The molecule has 44 heavy (non-hydrogen) atoms. The van der Waals surface area contributed by atoms with E-state index in [9.17, 15) is 13.2 Å². The molecule has 2 aromatic carbocycles. The number of aromatic amines is 1. The molecule has 0 atom stereocenters. The Morgan fingerprint density at radius 2 is 1.82 bits per heavy atom. The van der Waals surface area contributed by atoms with E-state index in [1.165, 1.54) is 0 Å². The average Bonchev–Trinajstić information content (AvgIpc) is 3.35. The van der Waals surface area contributed by atoms with E-state index in [0.29, 0.717) is 80.5 Å². The van der Waals surface area contributed by atoms with Crippen molar-refractivity contribution in [2.75, 3.05) is 52.5 Å². The summed E-state index contributed by atoms with van der Waals surface area (Å²) in [7, 11) is -3.91. The molecular weight excluding hydrogens is 580 g/mol. The van der Waals surface area contributed by atoms with Gasteiger partial charge in [0.05, 0.1) is 36.0 Å². The topological polar surface area (TPSA) is 122 Å². The summed E-state index contributed by atoms with van der Waals surface area (Å²) in [6, 6.07) is 14.7. The van der Waals surface area contributed by atoms with E-state index in [1.54, 1.807) is 33.9 Å². The van der Waals surface area contributed by atoms with Gasteiger partial charge in [-0.2, -0.15) is 4.31 Å². The summed E-state index contributed by atoms with van der Waals surface area (Å²) < 4.78 is 43.0. The maximum atomic E-state index is 14.3. The number of ether oxygens (including phenoxy) is 2. The lowest BCUT2D eigenvalue weighted by Gasteiger charge is -2.28. The molecule has 1 fully saturated rings. The fourth-order valence-corrected chi connectivity index (χ4v) is 7.08. The SMILES string of the molecule is CCCc1nc(C)c2c(=O)[nH]c(-c3cc(S(=O)(=O)N(CCCN4CCOCC4)CCc4ccccc4)ccc3OCC)nn12. The van der Waals surface area contributed by atoms with Crippen LogP contribution in [0.3, 0.4) is 0 Å². The van der Waals surface area contributed by atoms with Crippen LogP contribution in [0.2, 0.25) is 0 Å². The van der Waals surface area contributed by atoms with Gasteiger partial charge in [-0.3, -0.25) is 9.69 Å². The van der Waals surface area contributed by atoms with Crippen LogP contribution in [-0.4, -0.2) is 89.7 Å². The minimum atomic E-state index is -3.91. The number of rotatable bonds is 14. The van der Waals surface area contributed by atoms with Gasteiger partial charge in [0.1, 0.15) is 11.6 Å². The van der Waals surface area contributed by atoms with Crippen molar-refractivity contribution in [3.05, 3.63) is 76.0 Å². The summed E-state index contributed by atoms with van der Waals surface area (Å²) in [5.74, 6) is 1.34. The van der Waals surface area contributed by atoms with Gasteiger partial charge in [-0.1, -0.05) is 37.3 Å². The Morgan fingerprint density at radius 3 is 2.55 bits per heavy atom. The molecule has 236 valence electrons. The quantitative estimate of drug-likeness (QED) is 0.226. The molecule has 3 heterocycles. The number of imidazole rings is 1. The highest BCUT2D eigenvalue weighted by atomic mass is 32.2. The second-order valence-electron chi connectivity index (χ2n) is 11.0. The maximum Gasteiger partial charge on any atom is 0.277 e. The van der Waals surface area contributed by atoms with Crippen molar-refractivity contribution >= 4 is 15.5 Å². The molecule has 1 N–H and O–H groups in total. The van der Waals surface area contributed by atoms with E-state index in [-0.39, 0.29) is 16.3 Å². The van der Waals surface area contributed by atoms with Crippen molar-refractivity contribution in [3.8, 4) is 17.1 Å². The van der Waals surface area contributed by atoms with Crippen LogP contribution in [0.15, 0.2) is 58.2 Å². The van der Waals surface area contributed by atoms with Crippen molar-refractivity contribution in [1.82, 2.24) is 28.8 Å². The Morgan fingerprint density at radius 1 is 1.05 bits per heavy atom. The summed E-state index contributed by atoms with van der Waals surface area (Å²) in [4.78, 5) is 23.0. The molecular formula is C32H42N6O5S. The van der Waals surface area contributed by atoms with E-state index in [2.05, 4.69) is 14.9 Å². The van der Waals surface area contributed by atoms with Gasteiger partial charge in [-0.15, -0.1) is 5.10 Å². The molecule has 2 aromatic heterocycles. The number of hydrogen-bond donors (Lipinski definition) is 1. The highest BCUT2D eigenvalue weighted by Crippen LogP contribution is 2.31. The maximum absolute atomic E-state index is 14.3. The third-order valence-electron chi connectivity index (χ3n) is 7.84. The first-order valence-corrected chi connectivity index (χ1v) is 16.9. The van der Waals surface area contributed by atoms with Crippen LogP contribution in [0, 0.1) is 6.92 Å². The average molecular weight is 623 g/mol. The summed E-state index contributed by atoms with van der Waals surface area (Å²) in [5.41, 5.74) is 2.11. The van der Waals surface area contributed by atoms with E-state index in [0.717, 1.165) is 31.6 Å². The lowest BCUT2D eigenvalue weighted by molar-refractivity contribution is 0.0369. The minimum absolute atomic E-state index is 0.119. The third-order valence-corrected chi connectivity index (χ3v) is 9.73. The summed E-state index contributed by atoms with van der Waals surface area (Å²) in [6.07, 6.45) is 2.78. The molecule has 0 bridgehead atoms. The second kappa shape index (κ2) is 14.5. The molecule has 0 aliphatic carbocycles. The first kappa shape index (κ1) is 31.8. The molecule has 4 aromatic rings. The summed E-state index contributed by atoms with van der Waals surface area (Å²) >= 11 is 0. The van der Waals surface area contributed by atoms with Crippen molar-refractivity contribution in [2.45, 2.75) is 51.3 Å². The van der Waals surface area contributed by atoms with Gasteiger partial charge < -0.3 is 14.5 Å². The zero-order chi connectivity index (χ0) is 31.1. The second-order valence-corrected chi connectivity index (χ2v) is 12.9. The van der Waals surface area contributed by atoms with E-state index in [4.69, 9.17) is 14.6 Å². The molecule has 12 heteroatoms. The number of fused-ring (bicyclic) bond motifs is 1. The number of hydrogen-bond acceptors (Lipinski definition) is 8. The molecule has 0 unspecified atom stereocenters. The van der Waals surface area contributed by atoms with E-state index in [1.807, 2.05) is 44.2 Å². The summed E-state index contributed by atoms with van der Waals surface area (Å²) in [5, 5.41) is 4.73. The highest BCUT2D eigenvalue weighted by Gasteiger charge is 2.27.